The molecule has 30 heavy (non-hydrogen) atoms. The van der Waals surface area contributed by atoms with Crippen LogP contribution >= 0.6 is 0 Å². The maximum Gasteiger partial charge on any atom is 0.231 e. The molecule has 0 aromatic heterocycles. The van der Waals surface area contributed by atoms with E-state index in [1.165, 1.54) is 6.07 Å². The number of halogens is 1. The van der Waals surface area contributed by atoms with Gasteiger partial charge in [0.1, 0.15) is 5.82 Å². The van der Waals surface area contributed by atoms with E-state index in [0.717, 1.165) is 35.7 Å². The molecule has 1 unspecified atom stereocenters. The first kappa shape index (κ1) is 20.4. The van der Waals surface area contributed by atoms with E-state index in [4.69, 9.17) is 14.2 Å². The molecule has 2 N–H and O–H groups in total. The average Bonchev–Trinajstić information content (AvgIpc) is 3.25. The number of benzene rings is 2. The summed E-state index contributed by atoms with van der Waals surface area (Å²) in [6.45, 7) is 4.45. The fourth-order valence-electron chi connectivity index (χ4n) is 3.71. The Morgan fingerprint density at radius 3 is 2.73 bits per heavy atom. The molecule has 8 heteroatoms. The summed E-state index contributed by atoms with van der Waals surface area (Å²) in [6.07, 6.45) is 0. The molecule has 1 atom stereocenters. The first-order valence-electron chi connectivity index (χ1n) is 10.1. The maximum atomic E-state index is 13.8. The Kier molecular flexibility index (Phi) is 6.66. The number of nitrogens with zero attached hydrogens (tertiary/aromatic N) is 2. The topological polar surface area (TPSA) is 67.4 Å². The molecule has 4 rings (SSSR count). The first-order valence-corrected chi connectivity index (χ1v) is 10.1. The van der Waals surface area contributed by atoms with Crippen molar-refractivity contribution in [2.45, 2.75) is 12.6 Å². The minimum absolute atomic E-state index is 0.0219. The molecule has 2 aliphatic heterocycles. The van der Waals surface area contributed by atoms with Crippen molar-refractivity contribution in [3.8, 4) is 11.5 Å². The van der Waals surface area contributed by atoms with Crippen LogP contribution in [0.4, 0.5) is 4.39 Å². The van der Waals surface area contributed by atoms with Crippen molar-refractivity contribution in [3.05, 3.63) is 59.4 Å². The van der Waals surface area contributed by atoms with Gasteiger partial charge in [0.25, 0.3) is 0 Å². The predicted octanol–water partition coefficient (Wildman–Crippen LogP) is 2.29. The second kappa shape index (κ2) is 9.77. The molecule has 0 spiro atoms. The number of hydrogen-bond acceptors (Lipinski definition) is 5. The van der Waals surface area contributed by atoms with Gasteiger partial charge in [0.15, 0.2) is 17.5 Å². The smallest absolute Gasteiger partial charge is 0.231 e. The Hall–Kier alpha value is -2.84. The summed E-state index contributed by atoms with van der Waals surface area (Å²) in [5.74, 6) is 1.99. The van der Waals surface area contributed by atoms with Gasteiger partial charge in [-0.1, -0.05) is 18.2 Å². The summed E-state index contributed by atoms with van der Waals surface area (Å²) < 4.78 is 30.1. The highest BCUT2D eigenvalue weighted by Crippen LogP contribution is 2.32. The summed E-state index contributed by atoms with van der Waals surface area (Å²) in [5, 5.41) is 6.71. The van der Waals surface area contributed by atoms with Crippen LogP contribution in [0.15, 0.2) is 47.5 Å². The molecule has 0 bridgehead atoms. The molecule has 1 saturated heterocycles. The lowest BCUT2D eigenvalue weighted by Gasteiger charge is -2.35. The lowest BCUT2D eigenvalue weighted by molar-refractivity contribution is 0.0169. The van der Waals surface area contributed by atoms with Gasteiger partial charge in [-0.15, -0.1) is 0 Å². The van der Waals surface area contributed by atoms with E-state index in [9.17, 15) is 4.39 Å². The first-order chi connectivity index (χ1) is 14.7. The highest BCUT2D eigenvalue weighted by molar-refractivity contribution is 5.79. The number of rotatable bonds is 6. The molecular weight excluding hydrogens is 387 g/mol. The quantitative estimate of drug-likeness (QED) is 0.559. The number of fused-ring (bicyclic) bond motifs is 1. The number of hydrogen-bond donors (Lipinski definition) is 2. The number of ether oxygens (including phenoxy) is 3. The van der Waals surface area contributed by atoms with E-state index in [2.05, 4.69) is 20.5 Å². The van der Waals surface area contributed by atoms with Crippen LogP contribution in [0, 0.1) is 5.82 Å². The summed E-state index contributed by atoms with van der Waals surface area (Å²) in [7, 11) is 1.74. The van der Waals surface area contributed by atoms with Crippen molar-refractivity contribution >= 4 is 5.96 Å². The molecule has 2 aliphatic rings. The van der Waals surface area contributed by atoms with E-state index in [1.54, 1.807) is 19.2 Å². The Morgan fingerprint density at radius 2 is 1.93 bits per heavy atom. The third-order valence-electron chi connectivity index (χ3n) is 5.30. The molecule has 2 aromatic carbocycles. The Balaban J connectivity index is 1.38. The second-order valence-corrected chi connectivity index (χ2v) is 7.21. The summed E-state index contributed by atoms with van der Waals surface area (Å²) >= 11 is 0. The van der Waals surface area contributed by atoms with Crippen molar-refractivity contribution < 1.29 is 18.6 Å². The summed E-state index contributed by atoms with van der Waals surface area (Å²) in [6, 6.07) is 12.7. The monoisotopic (exact) mass is 414 g/mol. The Labute approximate surface area is 175 Å². The lowest BCUT2D eigenvalue weighted by Crippen LogP contribution is -2.46. The number of guanidine groups is 1. The van der Waals surface area contributed by atoms with Crippen LogP contribution < -0.4 is 20.1 Å². The van der Waals surface area contributed by atoms with Crippen molar-refractivity contribution in [2.24, 2.45) is 4.99 Å². The zero-order valence-corrected chi connectivity index (χ0v) is 17.1. The van der Waals surface area contributed by atoms with Gasteiger partial charge in [0.05, 0.1) is 19.3 Å². The van der Waals surface area contributed by atoms with Gasteiger partial charge in [-0.05, 0) is 35.4 Å². The van der Waals surface area contributed by atoms with E-state index >= 15 is 0 Å². The number of morpholine rings is 1. The van der Waals surface area contributed by atoms with Crippen LogP contribution in [0.1, 0.15) is 17.2 Å². The van der Waals surface area contributed by atoms with Crippen molar-refractivity contribution in [1.82, 2.24) is 15.5 Å². The van der Waals surface area contributed by atoms with Crippen molar-refractivity contribution in [2.75, 3.05) is 46.7 Å². The minimum Gasteiger partial charge on any atom is -0.454 e. The highest BCUT2D eigenvalue weighted by Gasteiger charge is 2.23. The average molecular weight is 414 g/mol. The minimum atomic E-state index is -0.226. The molecular formula is C22H27FN4O3. The van der Waals surface area contributed by atoms with Crippen LogP contribution in [-0.4, -0.2) is 57.5 Å². The lowest BCUT2D eigenvalue weighted by atomic mass is 10.0. The molecule has 0 saturated carbocycles. The fraction of sp³-hybridized carbons (Fsp3) is 0.409. The van der Waals surface area contributed by atoms with Crippen molar-refractivity contribution in [1.29, 1.82) is 0 Å². The van der Waals surface area contributed by atoms with Gasteiger partial charge in [-0.3, -0.25) is 9.89 Å². The van der Waals surface area contributed by atoms with Gasteiger partial charge in [-0.2, -0.15) is 0 Å². The van der Waals surface area contributed by atoms with Crippen LogP contribution in [0.2, 0.25) is 0 Å². The van der Waals surface area contributed by atoms with Crippen LogP contribution in [-0.2, 0) is 11.3 Å². The normalized spacial score (nSPS) is 17.6. The molecule has 160 valence electrons. The van der Waals surface area contributed by atoms with E-state index in [1.807, 2.05) is 24.3 Å². The third-order valence-corrected chi connectivity index (χ3v) is 5.30. The van der Waals surface area contributed by atoms with Crippen molar-refractivity contribution in [3.63, 3.8) is 0 Å². The van der Waals surface area contributed by atoms with E-state index in [-0.39, 0.29) is 18.7 Å². The predicted molar refractivity (Wildman–Crippen MR) is 112 cm³/mol. The summed E-state index contributed by atoms with van der Waals surface area (Å²) in [4.78, 5) is 6.64. The van der Waals surface area contributed by atoms with Crippen LogP contribution in [0.5, 0.6) is 11.5 Å². The Morgan fingerprint density at radius 1 is 1.10 bits per heavy atom. The van der Waals surface area contributed by atoms with E-state index < -0.39 is 0 Å². The maximum absolute atomic E-state index is 13.8. The molecule has 0 radical (unpaired) electrons. The molecule has 2 heterocycles. The molecule has 2 aromatic rings. The SMILES string of the molecule is CN=C(NCc1ccc2c(c1)OCO2)NCC(c1cccc(F)c1)N1CCOCC1. The van der Waals surface area contributed by atoms with Crippen LogP contribution in [0.25, 0.3) is 0 Å². The molecule has 0 amide bonds. The van der Waals surface area contributed by atoms with Gasteiger partial charge in [0, 0.05) is 33.2 Å². The molecule has 7 nitrogen and oxygen atoms in total. The largest absolute Gasteiger partial charge is 0.454 e. The Bertz CT molecular complexity index is 886. The zero-order valence-electron chi connectivity index (χ0n) is 17.1. The number of aliphatic imine (C=N–C) groups is 1. The molecule has 0 aliphatic carbocycles. The van der Waals surface area contributed by atoms with Gasteiger partial charge >= 0.3 is 0 Å². The van der Waals surface area contributed by atoms with E-state index in [0.29, 0.717) is 32.3 Å². The fourth-order valence-corrected chi connectivity index (χ4v) is 3.71. The second-order valence-electron chi connectivity index (χ2n) is 7.21. The zero-order chi connectivity index (χ0) is 20.8. The van der Waals surface area contributed by atoms with Gasteiger partial charge in [-0.25, -0.2) is 4.39 Å². The number of nitrogens with one attached hydrogen (secondary N) is 2. The van der Waals surface area contributed by atoms with Gasteiger partial charge < -0.3 is 24.8 Å². The third kappa shape index (κ3) is 5.01. The molecule has 1 fully saturated rings. The standard InChI is InChI=1S/C22H27FN4O3/c1-24-22(25-13-16-5-6-20-21(11-16)30-15-29-20)26-14-19(27-7-9-28-10-8-27)17-3-2-4-18(23)12-17/h2-6,11-12,19H,7-10,13-15H2,1H3,(H2,24,25,26). The highest BCUT2D eigenvalue weighted by atomic mass is 19.1. The van der Waals surface area contributed by atoms with Gasteiger partial charge in [0.2, 0.25) is 6.79 Å². The van der Waals surface area contributed by atoms with Crippen LogP contribution in [0.3, 0.4) is 0 Å². The summed E-state index contributed by atoms with van der Waals surface area (Å²) in [5.41, 5.74) is 2.01.